The van der Waals surface area contributed by atoms with Crippen molar-refractivity contribution in [1.29, 1.82) is 0 Å². The first-order valence-electron chi connectivity index (χ1n) is 12.1. The Morgan fingerprint density at radius 1 is 0.943 bits per heavy atom. The van der Waals surface area contributed by atoms with Gasteiger partial charge in [-0.25, -0.2) is 4.79 Å². The van der Waals surface area contributed by atoms with Crippen molar-refractivity contribution in [3.05, 3.63) is 95.6 Å². The van der Waals surface area contributed by atoms with Crippen LogP contribution in [0.4, 0.5) is 16.2 Å². The van der Waals surface area contributed by atoms with Crippen molar-refractivity contribution < 1.29 is 14.3 Å². The van der Waals surface area contributed by atoms with E-state index >= 15 is 0 Å². The molecule has 3 aromatic rings. The summed E-state index contributed by atoms with van der Waals surface area (Å²) in [5, 5.41) is 5.75. The molecule has 1 unspecified atom stereocenters. The van der Waals surface area contributed by atoms with Crippen molar-refractivity contribution in [1.82, 2.24) is 10.2 Å². The van der Waals surface area contributed by atoms with E-state index in [9.17, 15) is 9.59 Å². The van der Waals surface area contributed by atoms with Crippen LogP contribution in [-0.2, 0) is 17.7 Å². The second-order valence-corrected chi connectivity index (χ2v) is 8.96. The lowest BCUT2D eigenvalue weighted by Crippen LogP contribution is -2.47. The molecule has 5 rings (SSSR count). The molecule has 2 N–H and O–H groups in total. The number of urea groups is 1. The molecule has 180 valence electrons. The number of fused-ring (bicyclic) bond motifs is 1. The number of rotatable bonds is 6. The van der Waals surface area contributed by atoms with Gasteiger partial charge in [0, 0.05) is 49.7 Å². The number of benzene rings is 3. The molecule has 3 aromatic carbocycles. The minimum absolute atomic E-state index is 0.0619. The number of carbonyl (C=O) groups excluding carboxylic acids is 2. The maximum Gasteiger partial charge on any atom is 0.319 e. The number of para-hydroxylation sites is 1. The van der Waals surface area contributed by atoms with Gasteiger partial charge in [0.15, 0.2) is 0 Å². The Bertz CT molecular complexity index is 1180. The molecule has 1 fully saturated rings. The van der Waals surface area contributed by atoms with Crippen molar-refractivity contribution in [2.45, 2.75) is 19.1 Å². The third kappa shape index (κ3) is 5.70. The minimum atomic E-state index is -0.315. The summed E-state index contributed by atoms with van der Waals surface area (Å²) in [6.07, 6.45) is 0.787. The first-order valence-corrected chi connectivity index (χ1v) is 12.1. The summed E-state index contributed by atoms with van der Waals surface area (Å²) in [6.45, 7) is 4.23. The molecule has 1 atom stereocenters. The van der Waals surface area contributed by atoms with E-state index < -0.39 is 0 Å². The standard InChI is InChI=1S/C28H30N4O3/c33-27(32-14-13-22-9-4-5-12-26(22)32)23-10-6-11-24(17-23)30-28(34)29-18-25-20-31(15-16-35-25)19-21-7-2-1-3-8-21/h1-12,17,25H,13-16,18-20H2,(H2,29,30,34). The Labute approximate surface area is 205 Å². The molecule has 1 saturated heterocycles. The molecule has 35 heavy (non-hydrogen) atoms. The maximum absolute atomic E-state index is 13.1. The molecule has 0 radical (unpaired) electrons. The Balaban J connectivity index is 1.13. The van der Waals surface area contributed by atoms with Crippen molar-refractivity contribution >= 4 is 23.3 Å². The highest BCUT2D eigenvalue weighted by atomic mass is 16.5. The van der Waals surface area contributed by atoms with Crippen LogP contribution in [0, 0.1) is 0 Å². The average Bonchev–Trinajstić information content (AvgIpc) is 3.32. The zero-order chi connectivity index (χ0) is 24.0. The first kappa shape index (κ1) is 23.1. The number of carbonyl (C=O) groups is 2. The highest BCUT2D eigenvalue weighted by Crippen LogP contribution is 2.29. The third-order valence-electron chi connectivity index (χ3n) is 6.46. The van der Waals surface area contributed by atoms with E-state index in [1.54, 1.807) is 29.2 Å². The monoisotopic (exact) mass is 470 g/mol. The van der Waals surface area contributed by atoms with Crippen LogP contribution in [0.5, 0.6) is 0 Å². The van der Waals surface area contributed by atoms with Gasteiger partial charge >= 0.3 is 6.03 Å². The number of nitrogens with one attached hydrogen (secondary N) is 2. The third-order valence-corrected chi connectivity index (χ3v) is 6.46. The van der Waals surface area contributed by atoms with Gasteiger partial charge in [0.25, 0.3) is 5.91 Å². The lowest BCUT2D eigenvalue weighted by Gasteiger charge is -2.33. The molecule has 0 bridgehead atoms. The number of anilines is 2. The second kappa shape index (κ2) is 10.7. The normalized spacial score (nSPS) is 17.6. The van der Waals surface area contributed by atoms with Crippen LogP contribution in [0.15, 0.2) is 78.9 Å². The SMILES string of the molecule is O=C(NCC1CN(Cc2ccccc2)CCO1)Nc1cccc(C(=O)N2CCc3ccccc32)c1. The summed E-state index contributed by atoms with van der Waals surface area (Å²) >= 11 is 0. The van der Waals surface area contributed by atoms with E-state index in [1.165, 1.54) is 11.1 Å². The highest BCUT2D eigenvalue weighted by molar-refractivity contribution is 6.08. The predicted molar refractivity (Wildman–Crippen MR) is 137 cm³/mol. The molecule has 2 aliphatic rings. The molecule has 7 nitrogen and oxygen atoms in total. The van der Waals surface area contributed by atoms with Gasteiger partial charge in [-0.2, -0.15) is 0 Å². The summed E-state index contributed by atoms with van der Waals surface area (Å²) < 4.78 is 5.85. The van der Waals surface area contributed by atoms with Gasteiger partial charge in [-0.1, -0.05) is 54.6 Å². The Kier molecular flexibility index (Phi) is 7.07. The molecule has 7 heteroatoms. The number of hydrogen-bond acceptors (Lipinski definition) is 4. The van der Waals surface area contributed by atoms with Crippen LogP contribution < -0.4 is 15.5 Å². The number of morpholine rings is 1. The number of hydrogen-bond donors (Lipinski definition) is 2. The van der Waals surface area contributed by atoms with E-state index in [4.69, 9.17) is 4.74 Å². The van der Waals surface area contributed by atoms with Crippen LogP contribution in [0.3, 0.4) is 0 Å². The van der Waals surface area contributed by atoms with E-state index in [0.717, 1.165) is 31.7 Å². The van der Waals surface area contributed by atoms with Gasteiger partial charge in [0.05, 0.1) is 12.7 Å². The number of amides is 3. The van der Waals surface area contributed by atoms with E-state index in [1.807, 2.05) is 36.4 Å². The second-order valence-electron chi connectivity index (χ2n) is 8.96. The number of nitrogens with zero attached hydrogens (tertiary/aromatic N) is 2. The minimum Gasteiger partial charge on any atom is -0.374 e. The molecule has 0 aromatic heterocycles. The van der Waals surface area contributed by atoms with Gasteiger partial charge < -0.3 is 20.3 Å². The topological polar surface area (TPSA) is 73.9 Å². The van der Waals surface area contributed by atoms with Gasteiger partial charge in [0.2, 0.25) is 0 Å². The van der Waals surface area contributed by atoms with Crippen molar-refractivity contribution in [2.75, 3.05) is 43.0 Å². The molecular weight excluding hydrogens is 440 g/mol. The van der Waals surface area contributed by atoms with Gasteiger partial charge in [-0.05, 0) is 41.8 Å². The van der Waals surface area contributed by atoms with Crippen molar-refractivity contribution in [2.24, 2.45) is 0 Å². The van der Waals surface area contributed by atoms with Crippen LogP contribution in [0.25, 0.3) is 0 Å². The van der Waals surface area contributed by atoms with Gasteiger partial charge in [0.1, 0.15) is 0 Å². The molecule has 2 heterocycles. The summed E-state index contributed by atoms with van der Waals surface area (Å²) in [5.41, 5.74) is 4.54. The fraction of sp³-hybridized carbons (Fsp3) is 0.286. The van der Waals surface area contributed by atoms with Crippen molar-refractivity contribution in [3.8, 4) is 0 Å². The molecular formula is C28H30N4O3. The predicted octanol–water partition coefficient (Wildman–Crippen LogP) is 3.91. The summed E-state index contributed by atoms with van der Waals surface area (Å²) in [7, 11) is 0. The van der Waals surface area contributed by atoms with Crippen LogP contribution in [0.1, 0.15) is 21.5 Å². The van der Waals surface area contributed by atoms with Crippen LogP contribution in [-0.4, -0.2) is 55.7 Å². The molecule has 0 spiro atoms. The van der Waals surface area contributed by atoms with Gasteiger partial charge in [-0.3, -0.25) is 9.69 Å². The van der Waals surface area contributed by atoms with E-state index in [0.29, 0.717) is 30.9 Å². The summed E-state index contributed by atoms with van der Waals surface area (Å²) in [4.78, 5) is 29.8. The van der Waals surface area contributed by atoms with Crippen LogP contribution >= 0.6 is 0 Å². The summed E-state index contributed by atoms with van der Waals surface area (Å²) in [5.74, 6) is -0.0619. The Morgan fingerprint density at radius 3 is 2.66 bits per heavy atom. The zero-order valence-electron chi connectivity index (χ0n) is 19.7. The quantitative estimate of drug-likeness (QED) is 0.573. The lowest BCUT2D eigenvalue weighted by atomic mass is 10.1. The molecule has 3 amide bonds. The fourth-order valence-electron chi connectivity index (χ4n) is 4.71. The molecule has 0 aliphatic carbocycles. The summed E-state index contributed by atoms with van der Waals surface area (Å²) in [6, 6.07) is 25.1. The fourth-order valence-corrected chi connectivity index (χ4v) is 4.71. The van der Waals surface area contributed by atoms with Crippen LogP contribution in [0.2, 0.25) is 0 Å². The largest absolute Gasteiger partial charge is 0.374 e. The Hall–Kier alpha value is -3.68. The molecule has 0 saturated carbocycles. The smallest absolute Gasteiger partial charge is 0.319 e. The van der Waals surface area contributed by atoms with E-state index in [-0.39, 0.29) is 18.0 Å². The Morgan fingerprint density at radius 2 is 1.77 bits per heavy atom. The first-order chi connectivity index (χ1) is 17.2. The van der Waals surface area contributed by atoms with Gasteiger partial charge in [-0.15, -0.1) is 0 Å². The molecule has 2 aliphatic heterocycles. The maximum atomic E-state index is 13.1. The highest BCUT2D eigenvalue weighted by Gasteiger charge is 2.25. The number of ether oxygens (including phenoxy) is 1. The van der Waals surface area contributed by atoms with E-state index in [2.05, 4.69) is 33.7 Å². The lowest BCUT2D eigenvalue weighted by molar-refractivity contribution is -0.0285. The average molecular weight is 471 g/mol. The zero-order valence-corrected chi connectivity index (χ0v) is 19.7. The van der Waals surface area contributed by atoms with Crippen molar-refractivity contribution in [3.63, 3.8) is 0 Å².